The van der Waals surface area contributed by atoms with Crippen molar-refractivity contribution < 1.29 is 0 Å². The fourth-order valence-corrected chi connectivity index (χ4v) is 11.7. The number of fused-ring (bicyclic) bond motifs is 13. The lowest BCUT2D eigenvalue weighted by Gasteiger charge is -2.33. The van der Waals surface area contributed by atoms with E-state index in [-0.39, 0.29) is 5.41 Å². The Bertz CT molecular complexity index is 3510. The van der Waals surface area contributed by atoms with Crippen molar-refractivity contribution in [1.29, 1.82) is 0 Å². The molecule has 1 nitrogen and oxygen atoms in total. The lowest BCUT2D eigenvalue weighted by Crippen LogP contribution is -2.26. The van der Waals surface area contributed by atoms with E-state index in [2.05, 4.69) is 255 Å². The number of benzene rings is 10. The van der Waals surface area contributed by atoms with Crippen LogP contribution in [0.5, 0.6) is 0 Å². The predicted octanol–water partition coefficient (Wildman–Crippen LogP) is 16.8. The van der Waals surface area contributed by atoms with Gasteiger partial charge in [0.05, 0.1) is 11.1 Å². The van der Waals surface area contributed by atoms with Crippen LogP contribution in [-0.4, -0.2) is 0 Å². The molecule has 1 unspecified atom stereocenters. The van der Waals surface area contributed by atoms with Crippen LogP contribution in [0.2, 0.25) is 0 Å². The average Bonchev–Trinajstić information content (AvgIpc) is 3.92. The van der Waals surface area contributed by atoms with Gasteiger partial charge >= 0.3 is 0 Å². The van der Waals surface area contributed by atoms with E-state index in [1.165, 1.54) is 100 Å². The Morgan fingerprint density at radius 1 is 0.262 bits per heavy atom. The second-order valence-corrected chi connectivity index (χ2v) is 18.4. The molecule has 0 bridgehead atoms. The second-order valence-electron chi connectivity index (χ2n) is 18.4. The SMILES string of the molecule is CC1(C)c2ccccc2-c2ccc(N(c3ccc4c(c3)C3(c5ccccc5-c5ccc(-c6cccc(-c7ccccc7)c6)cc53)c3ccccc3-4)c3ccccc3-c3ccccc3)cc21. The standard InChI is InChI=1S/C64H45N/c1-63(2)56-28-13-9-25-50(56)53-36-33-47(40-59(53)63)65(62-31-16-12-24-49(62)43-20-7-4-8-21-43)48-34-37-55-52-27-11-15-30-58(52)64(61(55)41-48)57-29-14-10-26-51(57)54-35-32-46(39-60(54)64)45-23-17-22-44(38-45)42-18-5-3-6-19-42/h3-41H,1-2H3. The molecule has 0 radical (unpaired) electrons. The largest absolute Gasteiger partial charge is 0.310 e. The highest BCUT2D eigenvalue weighted by atomic mass is 15.1. The minimum atomic E-state index is -0.535. The Hall–Kier alpha value is -8.00. The van der Waals surface area contributed by atoms with E-state index in [1.54, 1.807) is 0 Å². The molecule has 13 rings (SSSR count). The molecule has 3 aliphatic carbocycles. The summed E-state index contributed by atoms with van der Waals surface area (Å²) in [4.78, 5) is 2.52. The summed E-state index contributed by atoms with van der Waals surface area (Å²) in [6.07, 6.45) is 0. The molecule has 0 N–H and O–H groups in total. The van der Waals surface area contributed by atoms with Gasteiger partial charge in [-0.1, -0.05) is 208 Å². The van der Waals surface area contributed by atoms with Crippen LogP contribution < -0.4 is 4.90 Å². The molecule has 65 heavy (non-hydrogen) atoms. The van der Waals surface area contributed by atoms with Gasteiger partial charge in [0, 0.05) is 22.4 Å². The third-order valence-electron chi connectivity index (χ3n) is 14.7. The zero-order chi connectivity index (χ0) is 43.3. The van der Waals surface area contributed by atoms with E-state index in [4.69, 9.17) is 0 Å². The van der Waals surface area contributed by atoms with Crippen molar-refractivity contribution in [1.82, 2.24) is 0 Å². The van der Waals surface area contributed by atoms with E-state index >= 15 is 0 Å². The number of hydrogen-bond acceptors (Lipinski definition) is 1. The molecule has 1 spiro atoms. The molecule has 3 aliphatic rings. The fraction of sp³-hybridized carbons (Fsp3) is 0.0625. The van der Waals surface area contributed by atoms with Crippen molar-refractivity contribution >= 4 is 17.1 Å². The maximum atomic E-state index is 2.53. The fourth-order valence-electron chi connectivity index (χ4n) is 11.7. The summed E-state index contributed by atoms with van der Waals surface area (Å²) < 4.78 is 0. The van der Waals surface area contributed by atoms with Gasteiger partial charge in [-0.15, -0.1) is 0 Å². The minimum absolute atomic E-state index is 0.147. The van der Waals surface area contributed by atoms with E-state index in [9.17, 15) is 0 Å². The van der Waals surface area contributed by atoms with Crippen LogP contribution in [0.15, 0.2) is 237 Å². The van der Waals surface area contributed by atoms with Gasteiger partial charge in [0.25, 0.3) is 0 Å². The zero-order valence-corrected chi connectivity index (χ0v) is 36.5. The Balaban J connectivity index is 1.06. The molecule has 0 heterocycles. The first-order chi connectivity index (χ1) is 32.0. The smallest absolute Gasteiger partial charge is 0.0726 e. The van der Waals surface area contributed by atoms with Gasteiger partial charge in [0.2, 0.25) is 0 Å². The third-order valence-corrected chi connectivity index (χ3v) is 14.7. The van der Waals surface area contributed by atoms with Gasteiger partial charge in [0.1, 0.15) is 0 Å². The molecule has 1 heteroatoms. The van der Waals surface area contributed by atoms with Gasteiger partial charge in [0.15, 0.2) is 0 Å². The zero-order valence-electron chi connectivity index (χ0n) is 36.5. The normalized spacial score (nSPS) is 15.4. The van der Waals surface area contributed by atoms with Crippen LogP contribution in [0, 0.1) is 0 Å². The highest BCUT2D eigenvalue weighted by Crippen LogP contribution is 2.64. The summed E-state index contributed by atoms with van der Waals surface area (Å²) in [5.41, 5.74) is 25.9. The van der Waals surface area contributed by atoms with Crippen molar-refractivity contribution in [3.63, 3.8) is 0 Å². The Morgan fingerprint density at radius 3 is 1.32 bits per heavy atom. The van der Waals surface area contributed by atoms with Gasteiger partial charge in [-0.2, -0.15) is 0 Å². The first kappa shape index (κ1) is 37.5. The second kappa shape index (κ2) is 14.3. The van der Waals surface area contributed by atoms with Crippen LogP contribution in [0.4, 0.5) is 17.1 Å². The highest BCUT2D eigenvalue weighted by Gasteiger charge is 2.52. The van der Waals surface area contributed by atoms with Gasteiger partial charge in [-0.05, 0) is 137 Å². The van der Waals surface area contributed by atoms with Crippen LogP contribution in [0.3, 0.4) is 0 Å². The molecule has 0 amide bonds. The predicted molar refractivity (Wildman–Crippen MR) is 271 cm³/mol. The van der Waals surface area contributed by atoms with E-state index in [0.29, 0.717) is 0 Å². The molecule has 0 aromatic heterocycles. The maximum Gasteiger partial charge on any atom is 0.0726 e. The van der Waals surface area contributed by atoms with Gasteiger partial charge in [-0.3, -0.25) is 0 Å². The summed E-state index contributed by atoms with van der Waals surface area (Å²) in [5.74, 6) is 0. The number of anilines is 3. The van der Waals surface area contributed by atoms with Crippen molar-refractivity contribution in [3.8, 4) is 66.8 Å². The molecule has 0 fully saturated rings. The monoisotopic (exact) mass is 827 g/mol. The molecule has 1 atom stereocenters. The van der Waals surface area contributed by atoms with Crippen LogP contribution in [-0.2, 0) is 10.8 Å². The van der Waals surface area contributed by atoms with E-state index in [0.717, 1.165) is 17.1 Å². The summed E-state index contributed by atoms with van der Waals surface area (Å²) in [6.45, 7) is 4.75. The number of nitrogens with zero attached hydrogens (tertiary/aromatic N) is 1. The number of rotatable bonds is 6. The minimum Gasteiger partial charge on any atom is -0.310 e. The summed E-state index contributed by atoms with van der Waals surface area (Å²) in [7, 11) is 0. The van der Waals surface area contributed by atoms with Crippen molar-refractivity contribution in [3.05, 3.63) is 270 Å². The number of hydrogen-bond donors (Lipinski definition) is 0. The van der Waals surface area contributed by atoms with Crippen LogP contribution in [0.1, 0.15) is 47.2 Å². The molecule has 0 saturated heterocycles. The van der Waals surface area contributed by atoms with Crippen LogP contribution in [0.25, 0.3) is 66.8 Å². The quantitative estimate of drug-likeness (QED) is 0.161. The molecule has 10 aromatic rings. The summed E-state index contributed by atoms with van der Waals surface area (Å²) in [5, 5.41) is 0. The van der Waals surface area contributed by atoms with E-state index < -0.39 is 5.41 Å². The number of para-hydroxylation sites is 1. The molecular weight excluding hydrogens is 783 g/mol. The van der Waals surface area contributed by atoms with Gasteiger partial charge in [-0.25, -0.2) is 0 Å². The first-order valence-electron chi connectivity index (χ1n) is 22.8. The molecule has 306 valence electrons. The summed E-state index contributed by atoms with van der Waals surface area (Å²) in [6, 6.07) is 88.4. The molecule has 10 aromatic carbocycles. The topological polar surface area (TPSA) is 3.24 Å². The average molecular weight is 828 g/mol. The van der Waals surface area contributed by atoms with E-state index in [1.807, 2.05) is 0 Å². The maximum absolute atomic E-state index is 2.53. The Kier molecular flexibility index (Phi) is 8.24. The Morgan fingerprint density at radius 2 is 0.677 bits per heavy atom. The lowest BCUT2D eigenvalue weighted by atomic mass is 9.70. The first-order valence-corrected chi connectivity index (χ1v) is 22.8. The third kappa shape index (κ3) is 5.46. The molecule has 0 aliphatic heterocycles. The lowest BCUT2D eigenvalue weighted by molar-refractivity contribution is 0.660. The molecule has 0 saturated carbocycles. The van der Waals surface area contributed by atoms with Crippen molar-refractivity contribution in [2.45, 2.75) is 24.7 Å². The summed E-state index contributed by atoms with van der Waals surface area (Å²) >= 11 is 0. The van der Waals surface area contributed by atoms with Crippen LogP contribution >= 0.6 is 0 Å². The molecular formula is C64H45N. The van der Waals surface area contributed by atoms with Crippen molar-refractivity contribution in [2.24, 2.45) is 0 Å². The highest BCUT2D eigenvalue weighted by molar-refractivity contribution is 5.98. The van der Waals surface area contributed by atoms with Crippen molar-refractivity contribution in [2.75, 3.05) is 4.90 Å². The van der Waals surface area contributed by atoms with Gasteiger partial charge < -0.3 is 4.90 Å². The Labute approximate surface area is 381 Å².